The van der Waals surface area contributed by atoms with Gasteiger partial charge in [-0.1, -0.05) is 35.0 Å². The van der Waals surface area contributed by atoms with Crippen LogP contribution in [0.4, 0.5) is 5.95 Å². The third-order valence-corrected chi connectivity index (χ3v) is 3.24. The highest BCUT2D eigenvalue weighted by Crippen LogP contribution is 2.27. The second-order valence-corrected chi connectivity index (χ2v) is 5.20. The minimum Gasteiger partial charge on any atom is -0.482 e. The number of rotatable bonds is 5. The molecule has 6 nitrogen and oxygen atoms in total. The molecule has 0 fully saturated rings. The van der Waals surface area contributed by atoms with E-state index in [1.165, 1.54) is 17.8 Å². The van der Waals surface area contributed by atoms with E-state index in [9.17, 15) is 4.79 Å². The van der Waals surface area contributed by atoms with Crippen molar-refractivity contribution in [1.29, 1.82) is 0 Å². The summed E-state index contributed by atoms with van der Waals surface area (Å²) in [5.74, 6) is 0.276. The van der Waals surface area contributed by atoms with Crippen molar-refractivity contribution in [1.82, 2.24) is 15.2 Å². The predicted octanol–water partition coefficient (Wildman–Crippen LogP) is 2.85. The number of benzene rings is 1. The number of ether oxygens (including phenoxy) is 1. The van der Waals surface area contributed by atoms with E-state index < -0.39 is 0 Å². The average Bonchev–Trinajstić information content (AvgIpc) is 2.85. The average molecular weight is 333 g/mol. The van der Waals surface area contributed by atoms with Gasteiger partial charge in [0, 0.05) is 5.02 Å². The lowest BCUT2D eigenvalue weighted by Gasteiger charge is -2.07. The van der Waals surface area contributed by atoms with Crippen LogP contribution in [0.3, 0.4) is 0 Å². The zero-order chi connectivity index (χ0) is 14.5. The first-order valence-corrected chi connectivity index (χ1v) is 7.40. The van der Waals surface area contributed by atoms with Crippen molar-refractivity contribution in [3.63, 3.8) is 0 Å². The Morgan fingerprint density at radius 1 is 1.50 bits per heavy atom. The highest BCUT2D eigenvalue weighted by molar-refractivity contribution is 7.98. The Bertz CT molecular complexity index is 620. The summed E-state index contributed by atoms with van der Waals surface area (Å²) in [6.07, 6.45) is 1.83. The summed E-state index contributed by atoms with van der Waals surface area (Å²) in [7, 11) is 0. The monoisotopic (exact) mass is 332 g/mol. The van der Waals surface area contributed by atoms with Gasteiger partial charge in [-0.25, -0.2) is 5.10 Å². The summed E-state index contributed by atoms with van der Waals surface area (Å²) in [5.41, 5.74) is 0. The number of nitrogens with one attached hydrogen (secondary N) is 2. The Balaban J connectivity index is 1.88. The number of carbonyl (C=O) groups excluding carboxylic acids is 1. The van der Waals surface area contributed by atoms with Gasteiger partial charge >= 0.3 is 0 Å². The van der Waals surface area contributed by atoms with Gasteiger partial charge in [0.05, 0.1) is 5.02 Å². The van der Waals surface area contributed by atoms with Crippen LogP contribution in [0.5, 0.6) is 5.75 Å². The van der Waals surface area contributed by atoms with E-state index >= 15 is 0 Å². The SMILES string of the molecule is CSc1n[nH]c(NC(=O)COc2ccc(Cl)cc2Cl)n1. The van der Waals surface area contributed by atoms with Crippen LogP contribution >= 0.6 is 35.0 Å². The molecule has 2 N–H and O–H groups in total. The van der Waals surface area contributed by atoms with Gasteiger partial charge in [0.2, 0.25) is 11.1 Å². The molecule has 1 amide bonds. The molecule has 9 heteroatoms. The molecular formula is C11H10Cl2N4O2S. The predicted molar refractivity (Wildman–Crippen MR) is 78.8 cm³/mol. The van der Waals surface area contributed by atoms with Crippen LogP contribution in [0.15, 0.2) is 23.4 Å². The van der Waals surface area contributed by atoms with Gasteiger partial charge in [-0.05, 0) is 24.5 Å². The molecule has 0 spiro atoms. The molecule has 0 unspecified atom stereocenters. The Hall–Kier alpha value is -1.44. The Kier molecular flexibility index (Phi) is 5.11. The molecule has 0 aliphatic carbocycles. The van der Waals surface area contributed by atoms with E-state index in [0.29, 0.717) is 21.0 Å². The molecule has 106 valence electrons. The normalized spacial score (nSPS) is 10.3. The van der Waals surface area contributed by atoms with Gasteiger partial charge in [0.1, 0.15) is 5.75 Å². The van der Waals surface area contributed by atoms with Gasteiger partial charge in [-0.2, -0.15) is 4.98 Å². The number of hydrogen-bond acceptors (Lipinski definition) is 5. The fourth-order valence-corrected chi connectivity index (χ4v) is 2.08. The Labute approximate surface area is 129 Å². The summed E-state index contributed by atoms with van der Waals surface area (Å²) in [6.45, 7) is -0.198. The molecule has 0 saturated heterocycles. The number of amides is 1. The van der Waals surface area contributed by atoms with Crippen molar-refractivity contribution in [2.45, 2.75) is 5.16 Å². The summed E-state index contributed by atoms with van der Waals surface area (Å²) in [6, 6.07) is 4.76. The second-order valence-electron chi connectivity index (χ2n) is 3.58. The highest BCUT2D eigenvalue weighted by Gasteiger charge is 2.09. The van der Waals surface area contributed by atoms with E-state index in [1.807, 2.05) is 6.26 Å². The lowest BCUT2D eigenvalue weighted by Crippen LogP contribution is -2.21. The maximum absolute atomic E-state index is 11.7. The number of aromatic nitrogens is 3. The summed E-state index contributed by atoms with van der Waals surface area (Å²) < 4.78 is 5.29. The smallest absolute Gasteiger partial charge is 0.264 e. The van der Waals surface area contributed by atoms with E-state index in [0.717, 1.165) is 0 Å². The molecule has 0 atom stereocenters. The van der Waals surface area contributed by atoms with Crippen LogP contribution in [0.2, 0.25) is 10.0 Å². The summed E-state index contributed by atoms with van der Waals surface area (Å²) in [5, 5.41) is 10.4. The quantitative estimate of drug-likeness (QED) is 0.823. The summed E-state index contributed by atoms with van der Waals surface area (Å²) in [4.78, 5) is 15.7. The Morgan fingerprint density at radius 2 is 2.30 bits per heavy atom. The number of thioether (sulfide) groups is 1. The third kappa shape index (κ3) is 4.03. The van der Waals surface area contributed by atoms with Gasteiger partial charge in [-0.15, -0.1) is 5.10 Å². The maximum Gasteiger partial charge on any atom is 0.264 e. The van der Waals surface area contributed by atoms with Crippen LogP contribution in [-0.2, 0) is 4.79 Å². The minimum absolute atomic E-state index is 0.198. The molecular weight excluding hydrogens is 323 g/mol. The molecule has 1 heterocycles. The van der Waals surface area contributed by atoms with E-state index in [4.69, 9.17) is 27.9 Å². The fraction of sp³-hybridized carbons (Fsp3) is 0.182. The molecule has 0 radical (unpaired) electrons. The molecule has 0 aliphatic rings. The fourth-order valence-electron chi connectivity index (χ4n) is 1.30. The van der Waals surface area contributed by atoms with Gasteiger partial charge in [-0.3, -0.25) is 10.1 Å². The van der Waals surface area contributed by atoms with Crippen LogP contribution < -0.4 is 10.1 Å². The highest BCUT2D eigenvalue weighted by atomic mass is 35.5. The number of aromatic amines is 1. The van der Waals surface area contributed by atoms with Crippen LogP contribution in [0.25, 0.3) is 0 Å². The van der Waals surface area contributed by atoms with Crippen molar-refractivity contribution in [2.75, 3.05) is 18.2 Å². The molecule has 1 aromatic carbocycles. The van der Waals surface area contributed by atoms with Crippen molar-refractivity contribution in [2.24, 2.45) is 0 Å². The largest absolute Gasteiger partial charge is 0.482 e. The van der Waals surface area contributed by atoms with Crippen molar-refractivity contribution >= 4 is 46.8 Å². The number of H-pyrrole nitrogens is 1. The lowest BCUT2D eigenvalue weighted by molar-refractivity contribution is -0.118. The maximum atomic E-state index is 11.7. The first kappa shape index (κ1) is 15.0. The number of nitrogens with zero attached hydrogens (tertiary/aromatic N) is 2. The third-order valence-electron chi connectivity index (χ3n) is 2.16. The lowest BCUT2D eigenvalue weighted by atomic mass is 10.3. The zero-order valence-electron chi connectivity index (χ0n) is 10.3. The van der Waals surface area contributed by atoms with Crippen molar-refractivity contribution in [3.05, 3.63) is 28.2 Å². The number of halogens is 2. The molecule has 1 aromatic heterocycles. The van der Waals surface area contributed by atoms with Crippen LogP contribution in [-0.4, -0.2) is 34.0 Å². The number of anilines is 1. The summed E-state index contributed by atoms with van der Waals surface area (Å²) >= 11 is 13.0. The van der Waals surface area contributed by atoms with Gasteiger partial charge < -0.3 is 4.74 Å². The number of carbonyl (C=O) groups is 1. The molecule has 2 rings (SSSR count). The molecule has 2 aromatic rings. The first-order chi connectivity index (χ1) is 9.58. The van der Waals surface area contributed by atoms with Crippen LogP contribution in [0, 0.1) is 0 Å². The van der Waals surface area contributed by atoms with E-state index in [2.05, 4.69) is 20.5 Å². The molecule has 0 aliphatic heterocycles. The zero-order valence-corrected chi connectivity index (χ0v) is 12.6. The number of hydrogen-bond donors (Lipinski definition) is 2. The standard InChI is InChI=1S/C11H10Cl2N4O2S/c1-20-11-15-10(16-17-11)14-9(18)5-19-8-3-2-6(12)4-7(8)13/h2-4H,5H2,1H3,(H2,14,15,16,17,18). The minimum atomic E-state index is -0.375. The molecule has 20 heavy (non-hydrogen) atoms. The molecule has 0 bridgehead atoms. The van der Waals surface area contributed by atoms with E-state index in [1.54, 1.807) is 12.1 Å². The Morgan fingerprint density at radius 3 is 2.95 bits per heavy atom. The van der Waals surface area contributed by atoms with Crippen molar-refractivity contribution in [3.8, 4) is 5.75 Å². The van der Waals surface area contributed by atoms with Gasteiger partial charge in [0.25, 0.3) is 5.91 Å². The topological polar surface area (TPSA) is 79.9 Å². The van der Waals surface area contributed by atoms with E-state index in [-0.39, 0.29) is 18.5 Å². The first-order valence-electron chi connectivity index (χ1n) is 5.42. The molecule has 0 saturated carbocycles. The second kappa shape index (κ2) is 6.83. The van der Waals surface area contributed by atoms with Crippen molar-refractivity contribution < 1.29 is 9.53 Å². The van der Waals surface area contributed by atoms with Gasteiger partial charge in [0.15, 0.2) is 6.61 Å². The van der Waals surface area contributed by atoms with Crippen LogP contribution in [0.1, 0.15) is 0 Å².